The molecule has 1 amide bonds. The van der Waals surface area contributed by atoms with Crippen LogP contribution in [-0.4, -0.2) is 32.3 Å². The summed E-state index contributed by atoms with van der Waals surface area (Å²) in [5, 5.41) is 11.7. The maximum absolute atomic E-state index is 11.8. The van der Waals surface area contributed by atoms with E-state index < -0.39 is 0 Å². The molecule has 6 nitrogen and oxygen atoms in total. The van der Waals surface area contributed by atoms with Gasteiger partial charge in [0.1, 0.15) is 29.9 Å². The SMILES string of the molecule is CCOc1ccc(OCCNC(=O)COc2ccccc2C#N)cc1. The fraction of sp³-hybridized carbons (Fsp3) is 0.263. The molecule has 130 valence electrons. The van der Waals surface area contributed by atoms with Crippen molar-refractivity contribution in [3.8, 4) is 23.3 Å². The third-order valence-corrected chi connectivity index (χ3v) is 3.19. The van der Waals surface area contributed by atoms with Crippen LogP contribution in [-0.2, 0) is 4.79 Å². The molecule has 25 heavy (non-hydrogen) atoms. The predicted molar refractivity (Wildman–Crippen MR) is 92.8 cm³/mol. The molecule has 0 aliphatic rings. The van der Waals surface area contributed by atoms with Crippen molar-refractivity contribution in [1.29, 1.82) is 5.26 Å². The van der Waals surface area contributed by atoms with Gasteiger partial charge in [0.15, 0.2) is 6.61 Å². The lowest BCUT2D eigenvalue weighted by Gasteiger charge is -2.10. The highest BCUT2D eigenvalue weighted by Crippen LogP contribution is 2.17. The number of hydrogen-bond acceptors (Lipinski definition) is 5. The van der Waals surface area contributed by atoms with Gasteiger partial charge in [-0.1, -0.05) is 12.1 Å². The van der Waals surface area contributed by atoms with Crippen LogP contribution in [0.2, 0.25) is 0 Å². The molecule has 0 aliphatic carbocycles. The van der Waals surface area contributed by atoms with Crippen molar-refractivity contribution in [3.63, 3.8) is 0 Å². The van der Waals surface area contributed by atoms with E-state index in [9.17, 15) is 4.79 Å². The van der Waals surface area contributed by atoms with Crippen molar-refractivity contribution in [1.82, 2.24) is 5.32 Å². The lowest BCUT2D eigenvalue weighted by molar-refractivity contribution is -0.123. The molecule has 0 radical (unpaired) electrons. The van der Waals surface area contributed by atoms with Crippen molar-refractivity contribution in [2.24, 2.45) is 0 Å². The molecular formula is C19H20N2O4. The summed E-state index contributed by atoms with van der Waals surface area (Å²) in [6.45, 7) is 3.09. The minimum absolute atomic E-state index is 0.151. The van der Waals surface area contributed by atoms with E-state index in [0.717, 1.165) is 5.75 Å². The highest BCUT2D eigenvalue weighted by atomic mass is 16.5. The molecular weight excluding hydrogens is 320 g/mol. The van der Waals surface area contributed by atoms with Gasteiger partial charge in [0, 0.05) is 0 Å². The molecule has 0 saturated carbocycles. The van der Waals surface area contributed by atoms with Crippen LogP contribution in [0.15, 0.2) is 48.5 Å². The third kappa shape index (κ3) is 6.07. The molecule has 0 saturated heterocycles. The molecule has 0 heterocycles. The minimum Gasteiger partial charge on any atom is -0.494 e. The zero-order chi connectivity index (χ0) is 17.9. The van der Waals surface area contributed by atoms with E-state index in [4.69, 9.17) is 19.5 Å². The largest absolute Gasteiger partial charge is 0.494 e. The Hall–Kier alpha value is -3.20. The first kappa shape index (κ1) is 18.1. The van der Waals surface area contributed by atoms with Crippen molar-refractivity contribution < 1.29 is 19.0 Å². The Bertz CT molecular complexity index is 723. The summed E-state index contributed by atoms with van der Waals surface area (Å²) in [6, 6.07) is 16.1. The van der Waals surface area contributed by atoms with E-state index in [-0.39, 0.29) is 12.5 Å². The second-order valence-corrected chi connectivity index (χ2v) is 5.00. The Labute approximate surface area is 146 Å². The molecule has 0 bridgehead atoms. The summed E-state index contributed by atoms with van der Waals surface area (Å²) in [5.41, 5.74) is 0.397. The van der Waals surface area contributed by atoms with Crippen LogP contribution >= 0.6 is 0 Å². The fourth-order valence-electron chi connectivity index (χ4n) is 2.04. The predicted octanol–water partition coefficient (Wildman–Crippen LogP) is 2.53. The molecule has 0 fully saturated rings. The molecule has 0 atom stereocenters. The zero-order valence-corrected chi connectivity index (χ0v) is 14.0. The average molecular weight is 340 g/mol. The quantitative estimate of drug-likeness (QED) is 0.710. The fourth-order valence-corrected chi connectivity index (χ4v) is 2.04. The normalized spacial score (nSPS) is 9.76. The second-order valence-electron chi connectivity index (χ2n) is 5.00. The lowest BCUT2D eigenvalue weighted by Crippen LogP contribution is -2.32. The van der Waals surface area contributed by atoms with Gasteiger partial charge in [-0.3, -0.25) is 4.79 Å². The Morgan fingerprint density at radius 3 is 2.40 bits per heavy atom. The summed E-state index contributed by atoms with van der Waals surface area (Å²) in [6.07, 6.45) is 0. The number of benzene rings is 2. The Balaban J connectivity index is 1.66. The van der Waals surface area contributed by atoms with Crippen molar-refractivity contribution >= 4 is 5.91 Å². The van der Waals surface area contributed by atoms with Gasteiger partial charge in [0.05, 0.1) is 18.7 Å². The number of amides is 1. The molecule has 2 rings (SSSR count). The smallest absolute Gasteiger partial charge is 0.258 e. The number of carbonyl (C=O) groups is 1. The Kier molecular flexibility index (Phi) is 7.13. The highest BCUT2D eigenvalue weighted by Gasteiger charge is 2.06. The zero-order valence-electron chi connectivity index (χ0n) is 14.0. The standard InChI is InChI=1S/C19H20N2O4/c1-2-23-16-7-9-17(10-8-16)24-12-11-21-19(22)14-25-18-6-4-3-5-15(18)13-20/h3-10H,2,11-12,14H2,1H3,(H,21,22). The van der Waals surface area contributed by atoms with Crippen LogP contribution in [0.1, 0.15) is 12.5 Å². The van der Waals surface area contributed by atoms with Crippen LogP contribution in [0.3, 0.4) is 0 Å². The van der Waals surface area contributed by atoms with Gasteiger partial charge in [-0.25, -0.2) is 0 Å². The van der Waals surface area contributed by atoms with Crippen LogP contribution in [0.5, 0.6) is 17.2 Å². The second kappa shape index (κ2) is 9.83. The molecule has 0 aliphatic heterocycles. The molecule has 0 unspecified atom stereocenters. The van der Waals surface area contributed by atoms with Gasteiger partial charge in [-0.15, -0.1) is 0 Å². The van der Waals surface area contributed by atoms with Crippen LogP contribution < -0.4 is 19.5 Å². The average Bonchev–Trinajstić information content (AvgIpc) is 2.65. The number of nitrogens with zero attached hydrogens (tertiary/aromatic N) is 1. The first-order valence-corrected chi connectivity index (χ1v) is 7.97. The van der Waals surface area contributed by atoms with Crippen LogP contribution in [0.25, 0.3) is 0 Å². The highest BCUT2D eigenvalue weighted by molar-refractivity contribution is 5.77. The van der Waals surface area contributed by atoms with Crippen molar-refractivity contribution in [3.05, 3.63) is 54.1 Å². The number of para-hydroxylation sites is 1. The molecule has 0 aromatic heterocycles. The van der Waals surface area contributed by atoms with Crippen molar-refractivity contribution in [2.75, 3.05) is 26.4 Å². The maximum Gasteiger partial charge on any atom is 0.258 e. The summed E-state index contributed by atoms with van der Waals surface area (Å²) in [5.74, 6) is 1.61. The van der Waals surface area contributed by atoms with Gasteiger partial charge in [-0.2, -0.15) is 5.26 Å². The lowest BCUT2D eigenvalue weighted by atomic mass is 10.2. The van der Waals surface area contributed by atoms with E-state index in [1.807, 2.05) is 37.3 Å². The number of ether oxygens (including phenoxy) is 3. The van der Waals surface area contributed by atoms with E-state index in [0.29, 0.717) is 36.8 Å². The third-order valence-electron chi connectivity index (χ3n) is 3.19. The monoisotopic (exact) mass is 340 g/mol. The number of nitriles is 1. The molecule has 2 aromatic carbocycles. The summed E-state index contributed by atoms with van der Waals surface area (Å²) in [4.78, 5) is 11.8. The summed E-state index contributed by atoms with van der Waals surface area (Å²) < 4.78 is 16.2. The molecule has 6 heteroatoms. The van der Waals surface area contributed by atoms with Crippen LogP contribution in [0.4, 0.5) is 0 Å². The Morgan fingerprint density at radius 2 is 1.72 bits per heavy atom. The number of rotatable bonds is 9. The summed E-state index contributed by atoms with van der Waals surface area (Å²) in [7, 11) is 0. The number of nitrogens with one attached hydrogen (secondary N) is 1. The minimum atomic E-state index is -0.275. The van der Waals surface area contributed by atoms with Gasteiger partial charge in [-0.05, 0) is 43.3 Å². The van der Waals surface area contributed by atoms with E-state index >= 15 is 0 Å². The topological polar surface area (TPSA) is 80.6 Å². The maximum atomic E-state index is 11.8. The first-order chi connectivity index (χ1) is 12.2. The molecule has 2 aromatic rings. The van der Waals surface area contributed by atoms with E-state index in [1.54, 1.807) is 24.3 Å². The van der Waals surface area contributed by atoms with E-state index in [1.165, 1.54) is 0 Å². The van der Waals surface area contributed by atoms with E-state index in [2.05, 4.69) is 5.32 Å². The van der Waals surface area contributed by atoms with Gasteiger partial charge < -0.3 is 19.5 Å². The Morgan fingerprint density at radius 1 is 1.04 bits per heavy atom. The van der Waals surface area contributed by atoms with Gasteiger partial charge in [0.25, 0.3) is 5.91 Å². The van der Waals surface area contributed by atoms with Crippen molar-refractivity contribution in [2.45, 2.75) is 6.92 Å². The number of carbonyl (C=O) groups excluding carboxylic acids is 1. The van der Waals surface area contributed by atoms with Crippen LogP contribution in [0, 0.1) is 11.3 Å². The number of hydrogen-bond donors (Lipinski definition) is 1. The van der Waals surface area contributed by atoms with Gasteiger partial charge in [0.2, 0.25) is 0 Å². The molecule has 1 N–H and O–H groups in total. The van der Waals surface area contributed by atoms with Gasteiger partial charge >= 0.3 is 0 Å². The first-order valence-electron chi connectivity index (χ1n) is 7.97. The molecule has 0 spiro atoms. The summed E-state index contributed by atoms with van der Waals surface area (Å²) >= 11 is 0.